The van der Waals surface area contributed by atoms with E-state index in [1.165, 1.54) is 19.0 Å². The zero-order valence-corrected chi connectivity index (χ0v) is 30.1. The number of fused-ring (bicyclic) bond motifs is 3. The fourth-order valence-corrected chi connectivity index (χ4v) is 7.41. The molecular weight excluding hydrogens is 669 g/mol. The van der Waals surface area contributed by atoms with Crippen molar-refractivity contribution in [2.45, 2.75) is 58.2 Å². The SMILES string of the molecule is COC[C@H]1CN(c2cc(C)c3c4c(c(=O)oc3c2C)CN(C(=O)c2cc(OC3CCC3)c(C(=O)NS(=O)(=O)N(C)C)cc2F)CC4)CCN1C. The minimum atomic E-state index is -4.17. The molecular formula is C35H44FN5O8S. The Morgan fingerprint density at radius 1 is 1.08 bits per heavy atom. The van der Waals surface area contributed by atoms with Gasteiger partial charge in [0.05, 0.1) is 42.0 Å². The number of ether oxygens (including phenoxy) is 2. The van der Waals surface area contributed by atoms with Crippen molar-refractivity contribution in [3.8, 4) is 5.75 Å². The zero-order chi connectivity index (χ0) is 36.1. The Morgan fingerprint density at radius 2 is 1.82 bits per heavy atom. The predicted molar refractivity (Wildman–Crippen MR) is 186 cm³/mol. The van der Waals surface area contributed by atoms with Crippen molar-refractivity contribution in [3.05, 3.63) is 67.8 Å². The first kappa shape index (κ1) is 35.8. The van der Waals surface area contributed by atoms with E-state index in [1.54, 1.807) is 7.11 Å². The number of anilines is 1. The van der Waals surface area contributed by atoms with Gasteiger partial charge in [0.1, 0.15) is 17.1 Å². The lowest BCUT2D eigenvalue weighted by atomic mass is 9.92. The lowest BCUT2D eigenvalue weighted by Gasteiger charge is -2.41. The fraction of sp³-hybridized carbons (Fsp3) is 0.514. The van der Waals surface area contributed by atoms with Crippen molar-refractivity contribution in [1.82, 2.24) is 18.8 Å². The standard InChI is InChI=1S/C35H44FN5O8S/c1-20-14-29(40-13-12-39(5)22(17-40)19-47-6)21(2)32-31(20)24-10-11-41(18-27(24)35(44)49-32)34(43)25-16-30(48-23-8-7-9-23)26(15-28(25)36)33(42)37-50(45,46)38(3)4/h14-16,22-23H,7-13,17-19H2,1-6H3,(H,37,42)/t22-/m1/s1. The summed E-state index contributed by atoms with van der Waals surface area (Å²) < 4.78 is 60.4. The summed E-state index contributed by atoms with van der Waals surface area (Å²) in [5.74, 6) is -2.89. The highest BCUT2D eigenvalue weighted by Gasteiger charge is 2.33. The van der Waals surface area contributed by atoms with Crippen LogP contribution in [0.15, 0.2) is 27.4 Å². The summed E-state index contributed by atoms with van der Waals surface area (Å²) in [5, 5.41) is 0.848. The number of amides is 2. The number of nitrogens with zero attached hydrogens (tertiary/aromatic N) is 4. The van der Waals surface area contributed by atoms with Crippen LogP contribution in [0.3, 0.4) is 0 Å². The first-order chi connectivity index (χ1) is 23.7. The number of nitrogens with one attached hydrogen (secondary N) is 1. The summed E-state index contributed by atoms with van der Waals surface area (Å²) in [6, 6.07) is 4.33. The number of hydrogen-bond acceptors (Lipinski definition) is 10. The van der Waals surface area contributed by atoms with E-state index in [1.807, 2.05) is 18.6 Å². The largest absolute Gasteiger partial charge is 0.490 e. The molecule has 50 heavy (non-hydrogen) atoms. The molecule has 2 aromatic carbocycles. The van der Waals surface area contributed by atoms with Gasteiger partial charge in [0.2, 0.25) is 0 Å². The molecule has 0 radical (unpaired) electrons. The second-order valence-electron chi connectivity index (χ2n) is 13.6. The molecule has 0 unspecified atom stereocenters. The van der Waals surface area contributed by atoms with Gasteiger partial charge in [-0.15, -0.1) is 0 Å². The van der Waals surface area contributed by atoms with Crippen molar-refractivity contribution in [2.75, 3.05) is 65.9 Å². The zero-order valence-electron chi connectivity index (χ0n) is 29.3. The Morgan fingerprint density at radius 3 is 2.48 bits per heavy atom. The highest BCUT2D eigenvalue weighted by molar-refractivity contribution is 7.87. The normalized spacial score (nSPS) is 18.7. The number of rotatable bonds is 9. The number of piperazine rings is 1. The van der Waals surface area contributed by atoms with Crippen LogP contribution in [0.25, 0.3) is 11.0 Å². The summed E-state index contributed by atoms with van der Waals surface area (Å²) in [5.41, 5.74) is 3.26. The Bertz CT molecular complexity index is 2010. The topological polar surface area (TPSA) is 142 Å². The third-order valence-electron chi connectivity index (χ3n) is 10.1. The molecule has 1 aliphatic carbocycles. The second kappa shape index (κ2) is 13.9. The van der Waals surface area contributed by atoms with Crippen LogP contribution in [-0.2, 0) is 27.9 Å². The number of carbonyl (C=O) groups excluding carboxylic acids is 2. The van der Waals surface area contributed by atoms with E-state index in [2.05, 4.69) is 22.9 Å². The highest BCUT2D eigenvalue weighted by Crippen LogP contribution is 2.37. The quantitative estimate of drug-likeness (QED) is 0.329. The van der Waals surface area contributed by atoms with Crippen LogP contribution >= 0.6 is 0 Å². The molecule has 1 saturated heterocycles. The third-order valence-corrected chi connectivity index (χ3v) is 11.5. The van der Waals surface area contributed by atoms with Gasteiger partial charge < -0.3 is 23.7 Å². The predicted octanol–water partition coefficient (Wildman–Crippen LogP) is 2.98. The van der Waals surface area contributed by atoms with Gasteiger partial charge in [-0.05, 0) is 75.9 Å². The van der Waals surface area contributed by atoms with Crippen LogP contribution in [0, 0.1) is 19.7 Å². The Balaban J connectivity index is 1.30. The Kier molecular flexibility index (Phi) is 9.96. The monoisotopic (exact) mass is 713 g/mol. The van der Waals surface area contributed by atoms with Gasteiger partial charge in [-0.2, -0.15) is 12.7 Å². The van der Waals surface area contributed by atoms with Crippen molar-refractivity contribution in [1.29, 1.82) is 0 Å². The summed E-state index contributed by atoms with van der Waals surface area (Å²) in [4.78, 5) is 46.3. The maximum atomic E-state index is 15.6. The van der Waals surface area contributed by atoms with E-state index in [9.17, 15) is 22.8 Å². The van der Waals surface area contributed by atoms with Crippen molar-refractivity contribution in [3.63, 3.8) is 0 Å². The van der Waals surface area contributed by atoms with Crippen LogP contribution in [0.2, 0.25) is 0 Å². The molecule has 2 aliphatic heterocycles. The van der Waals surface area contributed by atoms with Gasteiger partial charge in [-0.1, -0.05) is 0 Å². The van der Waals surface area contributed by atoms with Gasteiger partial charge in [-0.25, -0.2) is 13.9 Å². The lowest BCUT2D eigenvalue weighted by molar-refractivity contribution is 0.0724. The van der Waals surface area contributed by atoms with Gasteiger partial charge in [0.25, 0.3) is 11.8 Å². The first-order valence-corrected chi connectivity index (χ1v) is 18.2. The van der Waals surface area contributed by atoms with E-state index in [0.717, 1.165) is 70.3 Å². The average molecular weight is 714 g/mol. The molecule has 3 aromatic rings. The number of aryl methyl sites for hydroxylation is 2. The minimum Gasteiger partial charge on any atom is -0.490 e. The fourth-order valence-electron chi connectivity index (χ4n) is 6.89. The molecule has 15 heteroatoms. The number of hydrogen-bond donors (Lipinski definition) is 1. The van der Waals surface area contributed by atoms with Crippen molar-refractivity contribution >= 4 is 38.7 Å². The van der Waals surface area contributed by atoms with Crippen LogP contribution in [-0.4, -0.2) is 108 Å². The van der Waals surface area contributed by atoms with Crippen LogP contribution in [0.4, 0.5) is 10.1 Å². The number of halogens is 1. The number of methoxy groups -OCH3 is 1. The van der Waals surface area contributed by atoms with E-state index in [4.69, 9.17) is 13.9 Å². The Hall–Kier alpha value is -4.05. The molecule has 0 spiro atoms. The molecule has 0 bridgehead atoms. The molecule has 2 amide bonds. The number of benzene rings is 2. The molecule has 270 valence electrons. The summed E-state index contributed by atoms with van der Waals surface area (Å²) in [7, 11) is 2.11. The molecule has 6 rings (SSSR count). The van der Waals surface area contributed by atoms with Gasteiger partial charge in [0.15, 0.2) is 0 Å². The van der Waals surface area contributed by atoms with Crippen molar-refractivity contribution < 1.29 is 36.3 Å². The van der Waals surface area contributed by atoms with E-state index in [-0.39, 0.29) is 42.1 Å². The molecule has 3 heterocycles. The number of carbonyl (C=O) groups is 2. The Labute approximate surface area is 291 Å². The smallest absolute Gasteiger partial charge is 0.341 e. The lowest BCUT2D eigenvalue weighted by Crippen LogP contribution is -2.53. The molecule has 13 nitrogen and oxygen atoms in total. The maximum Gasteiger partial charge on any atom is 0.341 e. The van der Waals surface area contributed by atoms with E-state index >= 15 is 4.39 Å². The van der Waals surface area contributed by atoms with Crippen LogP contribution in [0.5, 0.6) is 5.75 Å². The van der Waals surface area contributed by atoms with Crippen LogP contribution in [0.1, 0.15) is 62.2 Å². The minimum absolute atomic E-state index is 0.0919. The van der Waals surface area contributed by atoms with Gasteiger partial charge >= 0.3 is 15.8 Å². The maximum absolute atomic E-state index is 15.6. The van der Waals surface area contributed by atoms with Crippen LogP contribution < -0.4 is 20.0 Å². The molecule has 1 atom stereocenters. The summed E-state index contributed by atoms with van der Waals surface area (Å²) in [6.07, 6.45) is 2.41. The molecule has 2 fully saturated rings. The summed E-state index contributed by atoms with van der Waals surface area (Å²) >= 11 is 0. The van der Waals surface area contributed by atoms with Crippen molar-refractivity contribution in [2.24, 2.45) is 0 Å². The number of likely N-dealkylation sites (N-methyl/N-ethyl adjacent to an activating group) is 1. The van der Waals surface area contributed by atoms with Gasteiger partial charge in [0, 0.05) is 64.0 Å². The molecule has 1 N–H and O–H groups in total. The molecule has 3 aliphatic rings. The van der Waals surface area contributed by atoms with Gasteiger partial charge in [-0.3, -0.25) is 14.5 Å². The highest BCUT2D eigenvalue weighted by atomic mass is 32.2. The average Bonchev–Trinajstić information content (AvgIpc) is 3.05. The molecule has 1 aromatic heterocycles. The van der Waals surface area contributed by atoms with E-state index in [0.29, 0.717) is 37.0 Å². The van der Waals surface area contributed by atoms with E-state index < -0.39 is 33.5 Å². The first-order valence-electron chi connectivity index (χ1n) is 16.8. The summed E-state index contributed by atoms with van der Waals surface area (Å²) in [6.45, 7) is 7.13. The third kappa shape index (κ3) is 6.71. The second-order valence-corrected chi connectivity index (χ2v) is 15.5. The molecule has 1 saturated carbocycles.